The average molecular weight is 330 g/mol. The molecular formula is C18H13F3N2O. The number of halogens is 3. The van der Waals surface area contributed by atoms with Crippen LogP contribution in [0, 0.1) is 17.5 Å². The molecule has 1 heterocycles. The first-order valence-corrected chi connectivity index (χ1v) is 7.54. The number of anilines is 1. The molecule has 0 bridgehead atoms. The summed E-state index contributed by atoms with van der Waals surface area (Å²) in [5.41, 5.74) is 0.00871. The van der Waals surface area contributed by atoms with Gasteiger partial charge < -0.3 is 10.3 Å². The van der Waals surface area contributed by atoms with Crippen LogP contribution in [0.15, 0.2) is 42.6 Å². The Hall–Kier alpha value is -2.76. The third-order valence-corrected chi connectivity index (χ3v) is 4.55. The summed E-state index contributed by atoms with van der Waals surface area (Å²) in [5, 5.41) is 2.96. The molecule has 1 saturated carbocycles. The molecule has 0 aliphatic heterocycles. The Balaban J connectivity index is 1.72. The predicted molar refractivity (Wildman–Crippen MR) is 84.2 cm³/mol. The number of hydrogen-bond acceptors (Lipinski definition) is 1. The summed E-state index contributed by atoms with van der Waals surface area (Å²) in [6.45, 7) is 0. The Bertz CT molecular complexity index is 940. The molecule has 0 radical (unpaired) electrons. The van der Waals surface area contributed by atoms with Crippen molar-refractivity contribution in [3.8, 4) is 0 Å². The number of amides is 1. The van der Waals surface area contributed by atoms with Crippen molar-refractivity contribution in [1.29, 1.82) is 0 Å². The molecule has 122 valence electrons. The second-order valence-corrected chi connectivity index (χ2v) is 6.03. The van der Waals surface area contributed by atoms with Crippen LogP contribution in [0.25, 0.3) is 10.9 Å². The van der Waals surface area contributed by atoms with Crippen molar-refractivity contribution >= 4 is 22.5 Å². The van der Waals surface area contributed by atoms with E-state index in [1.54, 1.807) is 12.3 Å². The van der Waals surface area contributed by atoms with Gasteiger partial charge in [0.2, 0.25) is 5.91 Å². The Kier molecular flexibility index (Phi) is 3.16. The SMILES string of the molecule is O=C(Nc1c(F)cccc1F)C1(c2c[nH]c3ccc(F)cc23)CC1. The Morgan fingerprint density at radius 3 is 2.46 bits per heavy atom. The van der Waals surface area contributed by atoms with Gasteiger partial charge >= 0.3 is 0 Å². The Morgan fingerprint density at radius 2 is 1.79 bits per heavy atom. The third-order valence-electron chi connectivity index (χ3n) is 4.55. The molecule has 6 heteroatoms. The number of rotatable bonds is 3. The number of benzene rings is 2. The second kappa shape index (κ2) is 5.12. The molecule has 0 saturated heterocycles. The molecule has 0 atom stereocenters. The number of aromatic nitrogens is 1. The van der Waals surface area contributed by atoms with Crippen molar-refractivity contribution in [3.63, 3.8) is 0 Å². The zero-order chi connectivity index (χ0) is 16.9. The highest BCUT2D eigenvalue weighted by Crippen LogP contribution is 2.51. The van der Waals surface area contributed by atoms with Crippen molar-refractivity contribution in [1.82, 2.24) is 4.98 Å². The van der Waals surface area contributed by atoms with Crippen LogP contribution >= 0.6 is 0 Å². The van der Waals surface area contributed by atoms with Gasteiger partial charge in [-0.1, -0.05) is 6.07 Å². The fraction of sp³-hybridized carbons (Fsp3) is 0.167. The average Bonchev–Trinajstić information content (AvgIpc) is 3.25. The normalized spacial score (nSPS) is 15.5. The Morgan fingerprint density at radius 1 is 1.08 bits per heavy atom. The van der Waals surface area contributed by atoms with Crippen LogP contribution in [0.3, 0.4) is 0 Å². The van der Waals surface area contributed by atoms with Crippen LogP contribution in [0.2, 0.25) is 0 Å². The molecule has 2 aromatic carbocycles. The second-order valence-electron chi connectivity index (χ2n) is 6.03. The van der Waals surface area contributed by atoms with E-state index in [9.17, 15) is 18.0 Å². The van der Waals surface area contributed by atoms with Gasteiger partial charge in [0, 0.05) is 17.1 Å². The Labute approximate surface area is 135 Å². The summed E-state index contributed by atoms with van der Waals surface area (Å²) in [5.74, 6) is -2.55. The van der Waals surface area contributed by atoms with Gasteiger partial charge in [0.05, 0.1) is 5.41 Å². The van der Waals surface area contributed by atoms with E-state index in [1.807, 2.05) is 0 Å². The van der Waals surface area contributed by atoms with Gasteiger partial charge in [-0.15, -0.1) is 0 Å². The van der Waals surface area contributed by atoms with E-state index in [0.717, 1.165) is 12.1 Å². The van der Waals surface area contributed by atoms with Crippen LogP contribution in [-0.4, -0.2) is 10.9 Å². The standard InChI is InChI=1S/C18H13F3N2O/c19-10-4-5-15-11(8-10)12(9-22-15)18(6-7-18)17(24)23-16-13(20)2-1-3-14(16)21/h1-5,8-9,22H,6-7H2,(H,23,24). The molecule has 3 aromatic rings. The molecule has 1 aliphatic rings. The molecule has 3 nitrogen and oxygen atoms in total. The summed E-state index contributed by atoms with van der Waals surface area (Å²) in [6.07, 6.45) is 2.74. The lowest BCUT2D eigenvalue weighted by molar-refractivity contribution is -0.118. The molecular weight excluding hydrogens is 317 g/mol. The number of H-pyrrole nitrogens is 1. The molecule has 1 aromatic heterocycles. The van der Waals surface area contributed by atoms with Crippen LogP contribution in [0.5, 0.6) is 0 Å². The van der Waals surface area contributed by atoms with Gasteiger partial charge in [-0.05, 0) is 48.7 Å². The van der Waals surface area contributed by atoms with Gasteiger partial charge in [-0.3, -0.25) is 4.79 Å². The maximum Gasteiger partial charge on any atom is 0.235 e. The maximum absolute atomic E-state index is 13.8. The van der Waals surface area contributed by atoms with Gasteiger partial charge in [0.15, 0.2) is 0 Å². The highest BCUT2D eigenvalue weighted by molar-refractivity contribution is 6.04. The van der Waals surface area contributed by atoms with E-state index in [-0.39, 0.29) is 0 Å². The van der Waals surface area contributed by atoms with E-state index in [4.69, 9.17) is 0 Å². The van der Waals surface area contributed by atoms with Crippen LogP contribution in [0.4, 0.5) is 18.9 Å². The number of aromatic amines is 1. The number of para-hydroxylation sites is 1. The topological polar surface area (TPSA) is 44.9 Å². The molecule has 1 amide bonds. The van der Waals surface area contributed by atoms with E-state index in [2.05, 4.69) is 10.3 Å². The molecule has 24 heavy (non-hydrogen) atoms. The molecule has 0 spiro atoms. The van der Waals surface area contributed by atoms with Crippen molar-refractivity contribution in [2.45, 2.75) is 18.3 Å². The number of hydrogen-bond donors (Lipinski definition) is 2. The monoisotopic (exact) mass is 330 g/mol. The first-order chi connectivity index (χ1) is 11.5. The zero-order valence-electron chi connectivity index (χ0n) is 12.5. The third kappa shape index (κ3) is 2.18. The molecule has 0 unspecified atom stereocenters. The molecule has 4 rings (SSSR count). The van der Waals surface area contributed by atoms with E-state index in [1.165, 1.54) is 18.2 Å². The lowest BCUT2D eigenvalue weighted by Crippen LogP contribution is -2.28. The predicted octanol–water partition coefficient (Wildman–Crippen LogP) is 4.26. The van der Waals surface area contributed by atoms with E-state index in [0.29, 0.717) is 29.3 Å². The van der Waals surface area contributed by atoms with Crippen molar-refractivity contribution in [2.75, 3.05) is 5.32 Å². The van der Waals surface area contributed by atoms with Crippen molar-refractivity contribution < 1.29 is 18.0 Å². The first kappa shape index (κ1) is 14.8. The van der Waals surface area contributed by atoms with Crippen LogP contribution in [-0.2, 0) is 10.2 Å². The summed E-state index contributed by atoms with van der Waals surface area (Å²) < 4.78 is 41.1. The molecule has 2 N–H and O–H groups in total. The lowest BCUT2D eigenvalue weighted by atomic mass is 9.94. The quantitative estimate of drug-likeness (QED) is 0.741. The van der Waals surface area contributed by atoms with Crippen LogP contribution < -0.4 is 5.32 Å². The van der Waals surface area contributed by atoms with Gasteiger partial charge in [-0.2, -0.15) is 0 Å². The zero-order valence-corrected chi connectivity index (χ0v) is 12.5. The van der Waals surface area contributed by atoms with E-state index < -0.39 is 34.5 Å². The first-order valence-electron chi connectivity index (χ1n) is 7.54. The molecule has 1 fully saturated rings. The van der Waals surface area contributed by atoms with Crippen molar-refractivity contribution in [3.05, 3.63) is 65.6 Å². The summed E-state index contributed by atoms with van der Waals surface area (Å²) in [4.78, 5) is 15.7. The van der Waals surface area contributed by atoms with Crippen LogP contribution in [0.1, 0.15) is 18.4 Å². The number of fused-ring (bicyclic) bond motifs is 1. The minimum Gasteiger partial charge on any atom is -0.361 e. The minimum absolute atomic E-state index is 0.403. The lowest BCUT2D eigenvalue weighted by Gasteiger charge is -2.16. The summed E-state index contributed by atoms with van der Waals surface area (Å²) in [7, 11) is 0. The number of nitrogens with one attached hydrogen (secondary N) is 2. The largest absolute Gasteiger partial charge is 0.361 e. The minimum atomic E-state index is -0.888. The molecule has 1 aliphatic carbocycles. The fourth-order valence-corrected chi connectivity index (χ4v) is 3.08. The highest BCUT2D eigenvalue weighted by atomic mass is 19.1. The number of carbonyl (C=O) groups is 1. The smallest absolute Gasteiger partial charge is 0.235 e. The van der Waals surface area contributed by atoms with Gasteiger partial charge in [0.1, 0.15) is 23.1 Å². The number of carbonyl (C=O) groups excluding carboxylic acids is 1. The summed E-state index contributed by atoms with van der Waals surface area (Å²) >= 11 is 0. The van der Waals surface area contributed by atoms with Gasteiger partial charge in [-0.25, -0.2) is 13.2 Å². The van der Waals surface area contributed by atoms with E-state index >= 15 is 0 Å². The highest BCUT2D eigenvalue weighted by Gasteiger charge is 2.52. The summed E-state index contributed by atoms with van der Waals surface area (Å²) in [6, 6.07) is 7.68. The van der Waals surface area contributed by atoms with Crippen molar-refractivity contribution in [2.24, 2.45) is 0 Å². The van der Waals surface area contributed by atoms with Gasteiger partial charge in [0.25, 0.3) is 0 Å². The maximum atomic E-state index is 13.8. The fourth-order valence-electron chi connectivity index (χ4n) is 3.08.